The molecule has 25 heavy (non-hydrogen) atoms. The Hall–Kier alpha value is -2.23. The van der Waals surface area contributed by atoms with Gasteiger partial charge in [0.05, 0.1) is 12.3 Å². The molecule has 0 amide bonds. The van der Waals surface area contributed by atoms with Crippen LogP contribution in [0, 0.1) is 0 Å². The first-order chi connectivity index (χ1) is 11.9. The zero-order chi connectivity index (χ0) is 18.3. The maximum atomic E-state index is 11.5. The minimum absolute atomic E-state index is 0.142. The van der Waals surface area contributed by atoms with E-state index in [0.29, 0.717) is 18.2 Å². The van der Waals surface area contributed by atoms with Crippen molar-refractivity contribution in [1.29, 1.82) is 0 Å². The molecule has 0 aliphatic rings. The minimum atomic E-state index is -3.45. The second kappa shape index (κ2) is 8.75. The first kappa shape index (κ1) is 19.1. The summed E-state index contributed by atoms with van der Waals surface area (Å²) in [5.41, 5.74) is 1.63. The van der Waals surface area contributed by atoms with Crippen LogP contribution in [0.4, 0.5) is 0 Å². The molecule has 1 heterocycles. The Balaban J connectivity index is 1.87. The molecule has 1 N–H and O–H groups in total. The molecule has 0 unspecified atom stereocenters. The van der Waals surface area contributed by atoms with Gasteiger partial charge in [-0.2, -0.15) is 17.4 Å². The molecule has 2 rings (SSSR count). The van der Waals surface area contributed by atoms with Gasteiger partial charge in [-0.3, -0.25) is 0 Å². The highest BCUT2D eigenvalue weighted by Crippen LogP contribution is 2.21. The van der Waals surface area contributed by atoms with Crippen molar-refractivity contribution in [2.75, 3.05) is 33.9 Å². The number of hydrogen-bond acceptors (Lipinski definition) is 6. The lowest BCUT2D eigenvalue weighted by Gasteiger charge is -2.12. The second-order valence-corrected chi connectivity index (χ2v) is 7.21. The topological polar surface area (TPSA) is 93.6 Å². The average Bonchev–Trinajstić information content (AvgIpc) is 2.60. The van der Waals surface area contributed by atoms with Crippen molar-refractivity contribution in [1.82, 2.24) is 19.2 Å². The minimum Gasteiger partial charge on any atom is -0.494 e. The second-order valence-electron chi connectivity index (χ2n) is 5.24. The Labute approximate surface area is 148 Å². The first-order valence-corrected chi connectivity index (χ1v) is 9.23. The van der Waals surface area contributed by atoms with Crippen LogP contribution in [-0.2, 0) is 10.2 Å². The molecule has 0 fully saturated rings. The van der Waals surface area contributed by atoms with E-state index in [1.807, 2.05) is 31.2 Å². The number of hydrogen-bond donors (Lipinski definition) is 1. The highest BCUT2D eigenvalue weighted by Gasteiger charge is 2.11. The van der Waals surface area contributed by atoms with Crippen LogP contribution in [0.3, 0.4) is 0 Å². The van der Waals surface area contributed by atoms with Gasteiger partial charge in [0.25, 0.3) is 10.2 Å². The van der Waals surface area contributed by atoms with E-state index in [2.05, 4.69) is 14.9 Å². The van der Waals surface area contributed by atoms with Crippen LogP contribution in [0.5, 0.6) is 11.6 Å². The molecule has 136 valence electrons. The normalized spacial score (nSPS) is 11.5. The van der Waals surface area contributed by atoms with Crippen LogP contribution in [0.15, 0.2) is 36.4 Å². The van der Waals surface area contributed by atoms with Crippen molar-refractivity contribution in [3.05, 3.63) is 36.4 Å². The Morgan fingerprint density at radius 2 is 1.76 bits per heavy atom. The molecular formula is C16H22N4O4S. The molecule has 2 aromatic rings. The Bertz CT molecular complexity index is 762. The third kappa shape index (κ3) is 5.66. The average molecular weight is 366 g/mol. The van der Waals surface area contributed by atoms with E-state index in [1.165, 1.54) is 14.1 Å². The van der Waals surface area contributed by atoms with Crippen LogP contribution in [0.2, 0.25) is 0 Å². The molecule has 0 radical (unpaired) electrons. The summed E-state index contributed by atoms with van der Waals surface area (Å²) < 4.78 is 37.3. The van der Waals surface area contributed by atoms with E-state index in [9.17, 15) is 8.42 Å². The first-order valence-electron chi connectivity index (χ1n) is 7.79. The maximum absolute atomic E-state index is 11.5. The highest BCUT2D eigenvalue weighted by atomic mass is 32.2. The predicted octanol–water partition coefficient (Wildman–Crippen LogP) is 1.32. The van der Waals surface area contributed by atoms with Gasteiger partial charge < -0.3 is 9.47 Å². The van der Waals surface area contributed by atoms with Gasteiger partial charge in [-0.1, -0.05) is 0 Å². The summed E-state index contributed by atoms with van der Waals surface area (Å²) in [6.07, 6.45) is 0. The highest BCUT2D eigenvalue weighted by molar-refractivity contribution is 7.87. The molecule has 0 spiro atoms. The van der Waals surface area contributed by atoms with Gasteiger partial charge in [0, 0.05) is 32.3 Å². The molecule has 0 saturated heterocycles. The molecule has 0 aliphatic heterocycles. The van der Waals surface area contributed by atoms with Crippen molar-refractivity contribution in [2.45, 2.75) is 6.92 Å². The van der Waals surface area contributed by atoms with Gasteiger partial charge in [0.15, 0.2) is 0 Å². The van der Waals surface area contributed by atoms with Gasteiger partial charge in [0.1, 0.15) is 12.4 Å². The molecule has 1 aromatic carbocycles. The van der Waals surface area contributed by atoms with Gasteiger partial charge in [0.2, 0.25) is 5.88 Å². The van der Waals surface area contributed by atoms with Gasteiger partial charge in [-0.25, -0.2) is 0 Å². The van der Waals surface area contributed by atoms with Gasteiger partial charge in [-0.05, 0) is 37.3 Å². The quantitative estimate of drug-likeness (QED) is 0.673. The zero-order valence-corrected chi connectivity index (χ0v) is 15.3. The van der Waals surface area contributed by atoms with Crippen LogP contribution >= 0.6 is 0 Å². The summed E-state index contributed by atoms with van der Waals surface area (Å²) in [7, 11) is -0.541. The number of rotatable bonds is 9. The van der Waals surface area contributed by atoms with Crippen molar-refractivity contribution in [3.8, 4) is 22.9 Å². The van der Waals surface area contributed by atoms with E-state index in [1.54, 1.807) is 12.1 Å². The summed E-state index contributed by atoms with van der Waals surface area (Å²) in [5, 5.41) is 8.11. The van der Waals surface area contributed by atoms with Crippen LogP contribution in [-0.4, -0.2) is 56.8 Å². The van der Waals surface area contributed by atoms with Crippen molar-refractivity contribution >= 4 is 10.2 Å². The molecule has 0 atom stereocenters. The largest absolute Gasteiger partial charge is 0.494 e. The standard InChI is InChI=1S/C16H22N4O4S/c1-4-23-14-7-5-13(6-8-14)15-9-10-16(19-18-15)24-12-11-17-25(21,22)20(2)3/h5-10,17H,4,11-12H2,1-3H3. The third-order valence-corrected chi connectivity index (χ3v) is 4.75. The lowest BCUT2D eigenvalue weighted by Crippen LogP contribution is -2.37. The van der Waals surface area contributed by atoms with E-state index < -0.39 is 10.2 Å². The number of benzene rings is 1. The number of nitrogens with zero attached hydrogens (tertiary/aromatic N) is 3. The molecule has 0 aliphatic carbocycles. The third-order valence-electron chi connectivity index (χ3n) is 3.22. The molecule has 1 aromatic heterocycles. The summed E-state index contributed by atoms with van der Waals surface area (Å²) in [4.78, 5) is 0. The van der Waals surface area contributed by atoms with E-state index in [-0.39, 0.29) is 13.2 Å². The van der Waals surface area contributed by atoms with Crippen LogP contribution < -0.4 is 14.2 Å². The lowest BCUT2D eigenvalue weighted by molar-refractivity contribution is 0.306. The van der Waals surface area contributed by atoms with E-state index in [0.717, 1.165) is 15.6 Å². The fourth-order valence-electron chi connectivity index (χ4n) is 1.89. The maximum Gasteiger partial charge on any atom is 0.279 e. The summed E-state index contributed by atoms with van der Waals surface area (Å²) in [6.45, 7) is 2.85. The van der Waals surface area contributed by atoms with Crippen molar-refractivity contribution < 1.29 is 17.9 Å². The molecule has 0 bridgehead atoms. The molecule has 8 nitrogen and oxygen atoms in total. The molecular weight excluding hydrogens is 344 g/mol. The fourth-order valence-corrected chi connectivity index (χ4v) is 2.49. The summed E-state index contributed by atoms with van der Waals surface area (Å²) in [6, 6.07) is 11.1. The van der Waals surface area contributed by atoms with Gasteiger partial charge in [-0.15, -0.1) is 10.2 Å². The monoisotopic (exact) mass is 366 g/mol. The van der Waals surface area contributed by atoms with E-state index in [4.69, 9.17) is 9.47 Å². The predicted molar refractivity (Wildman–Crippen MR) is 94.7 cm³/mol. The summed E-state index contributed by atoms with van der Waals surface area (Å²) in [5.74, 6) is 1.14. The lowest BCUT2D eigenvalue weighted by atomic mass is 10.1. The summed E-state index contributed by atoms with van der Waals surface area (Å²) >= 11 is 0. The van der Waals surface area contributed by atoms with Crippen molar-refractivity contribution in [3.63, 3.8) is 0 Å². The molecule has 0 saturated carbocycles. The fraction of sp³-hybridized carbons (Fsp3) is 0.375. The van der Waals surface area contributed by atoms with Crippen molar-refractivity contribution in [2.24, 2.45) is 0 Å². The Morgan fingerprint density at radius 1 is 1.04 bits per heavy atom. The van der Waals surface area contributed by atoms with Gasteiger partial charge >= 0.3 is 0 Å². The molecule has 9 heteroatoms. The van der Waals surface area contributed by atoms with Crippen LogP contribution in [0.25, 0.3) is 11.3 Å². The number of ether oxygens (including phenoxy) is 2. The Morgan fingerprint density at radius 3 is 2.32 bits per heavy atom. The zero-order valence-electron chi connectivity index (χ0n) is 14.5. The SMILES string of the molecule is CCOc1ccc(-c2ccc(OCCNS(=O)(=O)N(C)C)nn2)cc1. The number of aromatic nitrogens is 2. The van der Waals surface area contributed by atoms with Crippen LogP contribution in [0.1, 0.15) is 6.92 Å². The Kier molecular flexibility index (Phi) is 6.68. The number of nitrogens with one attached hydrogen (secondary N) is 1. The van der Waals surface area contributed by atoms with E-state index >= 15 is 0 Å². The smallest absolute Gasteiger partial charge is 0.279 e.